The maximum Gasteiger partial charge on any atom is 0.573 e. The second-order valence-corrected chi connectivity index (χ2v) is 10.3. The topological polar surface area (TPSA) is 93.1 Å². The molecule has 8 nitrogen and oxygen atoms in total. The average molecular weight is 581 g/mol. The van der Waals surface area contributed by atoms with E-state index in [9.17, 15) is 18.0 Å². The molecule has 0 spiro atoms. The van der Waals surface area contributed by atoms with Crippen molar-refractivity contribution in [3.05, 3.63) is 89.7 Å². The van der Waals surface area contributed by atoms with E-state index in [1.807, 2.05) is 42.5 Å². The maximum atomic E-state index is 12.6. The number of carbonyl (C=O) groups is 1. The first-order valence-electron chi connectivity index (χ1n) is 12.9. The minimum atomic E-state index is -4.75. The van der Waals surface area contributed by atoms with E-state index in [0.29, 0.717) is 30.3 Å². The van der Waals surface area contributed by atoms with E-state index < -0.39 is 6.36 Å². The molecule has 1 atom stereocenters. The molecule has 0 aliphatic heterocycles. The van der Waals surface area contributed by atoms with Crippen molar-refractivity contribution in [3.63, 3.8) is 0 Å². The zero-order valence-electron chi connectivity index (χ0n) is 22.2. The highest BCUT2D eigenvalue weighted by molar-refractivity contribution is 7.80. The number of fused-ring (bicyclic) bond motifs is 1. The average Bonchev–Trinajstić information content (AvgIpc) is 3.55. The van der Waals surface area contributed by atoms with Crippen LogP contribution in [-0.4, -0.2) is 38.3 Å². The third kappa shape index (κ3) is 7.01. The number of ether oxygens (including phenoxy) is 1. The molecule has 0 fully saturated rings. The summed E-state index contributed by atoms with van der Waals surface area (Å²) < 4.78 is 42.6. The SMILES string of the molecule is CC(C)c1ccccc1NC(=S)NC(=O)NC1Cc2ccc(-c3ncn(-c4ccc(OC(F)(F)F)cc4)n3)cc2C1. The van der Waals surface area contributed by atoms with Crippen molar-refractivity contribution in [2.45, 2.75) is 45.0 Å². The first-order valence-corrected chi connectivity index (χ1v) is 13.3. The van der Waals surface area contributed by atoms with Gasteiger partial charge in [-0.1, -0.05) is 44.2 Å². The summed E-state index contributed by atoms with van der Waals surface area (Å²) in [6, 6.07) is 18.6. The van der Waals surface area contributed by atoms with Crippen LogP contribution >= 0.6 is 12.2 Å². The molecule has 12 heteroatoms. The molecule has 3 aromatic carbocycles. The van der Waals surface area contributed by atoms with E-state index in [2.05, 4.69) is 44.6 Å². The molecular formula is C29H27F3N6O2S. The number of rotatable bonds is 6. The largest absolute Gasteiger partial charge is 0.573 e. The molecule has 212 valence electrons. The Morgan fingerprint density at radius 3 is 2.51 bits per heavy atom. The summed E-state index contributed by atoms with van der Waals surface area (Å²) in [6.07, 6.45) is -1.95. The number of urea groups is 1. The Labute approximate surface area is 239 Å². The Morgan fingerprint density at radius 1 is 1.05 bits per heavy atom. The van der Waals surface area contributed by atoms with Gasteiger partial charge in [-0.2, -0.15) is 0 Å². The summed E-state index contributed by atoms with van der Waals surface area (Å²) in [6.45, 7) is 4.18. The van der Waals surface area contributed by atoms with Crippen molar-refractivity contribution < 1.29 is 22.7 Å². The number of alkyl halides is 3. The van der Waals surface area contributed by atoms with Crippen LogP contribution in [0.1, 0.15) is 36.5 Å². The number of carbonyl (C=O) groups excluding carboxylic acids is 1. The van der Waals surface area contributed by atoms with E-state index >= 15 is 0 Å². The number of para-hydroxylation sites is 1. The zero-order chi connectivity index (χ0) is 29.1. The lowest BCUT2D eigenvalue weighted by Gasteiger charge is -2.17. The fraction of sp³-hybridized carbons (Fsp3) is 0.241. The van der Waals surface area contributed by atoms with Gasteiger partial charge in [0, 0.05) is 17.3 Å². The van der Waals surface area contributed by atoms with E-state index in [0.717, 1.165) is 27.9 Å². The second-order valence-electron chi connectivity index (χ2n) is 9.94. The van der Waals surface area contributed by atoms with Gasteiger partial charge in [-0.05, 0) is 84.1 Å². The lowest BCUT2D eigenvalue weighted by atomic mass is 10.0. The maximum absolute atomic E-state index is 12.6. The van der Waals surface area contributed by atoms with Crippen molar-refractivity contribution in [2.75, 3.05) is 5.32 Å². The van der Waals surface area contributed by atoms with Gasteiger partial charge in [0.15, 0.2) is 10.9 Å². The molecule has 1 aromatic heterocycles. The lowest BCUT2D eigenvalue weighted by Crippen LogP contribution is -2.46. The molecule has 1 heterocycles. The van der Waals surface area contributed by atoms with Gasteiger partial charge >= 0.3 is 12.4 Å². The fourth-order valence-electron chi connectivity index (χ4n) is 4.77. The Morgan fingerprint density at radius 2 is 1.78 bits per heavy atom. The molecule has 3 N–H and O–H groups in total. The molecule has 1 aliphatic carbocycles. The van der Waals surface area contributed by atoms with Gasteiger partial charge in [-0.3, -0.25) is 5.32 Å². The van der Waals surface area contributed by atoms with Gasteiger partial charge < -0.3 is 15.4 Å². The number of anilines is 1. The molecular weight excluding hydrogens is 553 g/mol. The minimum Gasteiger partial charge on any atom is -0.406 e. The minimum absolute atomic E-state index is 0.103. The van der Waals surface area contributed by atoms with Gasteiger partial charge in [0.2, 0.25) is 0 Å². The van der Waals surface area contributed by atoms with E-state index in [1.165, 1.54) is 35.3 Å². The predicted molar refractivity (Wildman–Crippen MR) is 153 cm³/mol. The Bertz CT molecular complexity index is 1570. The van der Waals surface area contributed by atoms with Gasteiger partial charge in [0.1, 0.15) is 12.1 Å². The summed E-state index contributed by atoms with van der Waals surface area (Å²) in [4.78, 5) is 17.0. The lowest BCUT2D eigenvalue weighted by molar-refractivity contribution is -0.274. The van der Waals surface area contributed by atoms with E-state index in [4.69, 9.17) is 12.2 Å². The molecule has 1 unspecified atom stereocenters. The van der Waals surface area contributed by atoms with Gasteiger partial charge in [-0.15, -0.1) is 18.3 Å². The number of aromatic nitrogens is 3. The quantitative estimate of drug-likeness (QED) is 0.238. The highest BCUT2D eigenvalue weighted by Crippen LogP contribution is 2.28. The van der Waals surface area contributed by atoms with Crippen molar-refractivity contribution in [3.8, 4) is 22.8 Å². The van der Waals surface area contributed by atoms with Crippen LogP contribution in [0.4, 0.5) is 23.7 Å². The normalized spacial score (nSPS) is 14.4. The molecule has 41 heavy (non-hydrogen) atoms. The van der Waals surface area contributed by atoms with Crippen molar-refractivity contribution in [1.82, 2.24) is 25.4 Å². The highest BCUT2D eigenvalue weighted by atomic mass is 32.1. The fourth-order valence-corrected chi connectivity index (χ4v) is 4.97. The smallest absolute Gasteiger partial charge is 0.406 e. The molecule has 0 radical (unpaired) electrons. The van der Waals surface area contributed by atoms with Crippen molar-refractivity contribution in [2.24, 2.45) is 0 Å². The predicted octanol–water partition coefficient (Wildman–Crippen LogP) is 6.12. The van der Waals surface area contributed by atoms with Crippen LogP contribution in [0.3, 0.4) is 0 Å². The number of nitrogens with zero attached hydrogens (tertiary/aromatic N) is 3. The van der Waals surface area contributed by atoms with Crippen LogP contribution in [-0.2, 0) is 12.8 Å². The first-order chi connectivity index (χ1) is 19.5. The van der Waals surface area contributed by atoms with Crippen molar-refractivity contribution in [1.29, 1.82) is 0 Å². The van der Waals surface area contributed by atoms with Gasteiger partial charge in [0.25, 0.3) is 0 Å². The number of amides is 2. The molecule has 4 aromatic rings. The van der Waals surface area contributed by atoms with Gasteiger partial charge in [0.05, 0.1) is 5.69 Å². The monoisotopic (exact) mass is 580 g/mol. The van der Waals surface area contributed by atoms with E-state index in [1.54, 1.807) is 0 Å². The van der Waals surface area contributed by atoms with Crippen LogP contribution in [0, 0.1) is 0 Å². The molecule has 5 rings (SSSR count). The highest BCUT2D eigenvalue weighted by Gasteiger charge is 2.31. The summed E-state index contributed by atoms with van der Waals surface area (Å²) in [5.41, 5.74) is 5.48. The Kier molecular flexibility index (Phi) is 7.93. The molecule has 0 saturated carbocycles. The number of hydrogen-bond acceptors (Lipinski definition) is 5. The Balaban J connectivity index is 1.18. The van der Waals surface area contributed by atoms with Crippen LogP contribution in [0.5, 0.6) is 5.75 Å². The van der Waals surface area contributed by atoms with Crippen molar-refractivity contribution >= 4 is 29.0 Å². The number of nitrogens with one attached hydrogen (secondary N) is 3. The van der Waals surface area contributed by atoms with Crippen LogP contribution < -0.4 is 20.7 Å². The molecule has 1 aliphatic rings. The zero-order valence-corrected chi connectivity index (χ0v) is 23.0. The number of halogens is 3. The van der Waals surface area contributed by atoms with E-state index in [-0.39, 0.29) is 22.9 Å². The third-order valence-corrected chi connectivity index (χ3v) is 6.82. The molecule has 2 amide bonds. The van der Waals surface area contributed by atoms with Crippen LogP contribution in [0.15, 0.2) is 73.1 Å². The number of thiocarbonyl (C=S) groups is 1. The third-order valence-electron chi connectivity index (χ3n) is 6.62. The van der Waals surface area contributed by atoms with Crippen LogP contribution in [0.2, 0.25) is 0 Å². The summed E-state index contributed by atoms with van der Waals surface area (Å²) in [5, 5.41) is 13.5. The second kappa shape index (κ2) is 11.6. The standard InChI is InChI=1S/C29H27F3N6O2S/c1-17(2)24-5-3-4-6-25(24)35-28(41)36-27(39)34-21-14-18-7-8-19(13-20(18)15-21)26-33-16-38(37-26)22-9-11-23(12-10-22)40-29(30,31)32/h3-13,16-17,21H,14-15H2,1-2H3,(H3,34,35,36,39,41). The summed E-state index contributed by atoms with van der Waals surface area (Å²) in [7, 11) is 0. The molecule has 0 saturated heterocycles. The van der Waals surface area contributed by atoms with Gasteiger partial charge in [-0.25, -0.2) is 14.5 Å². The number of hydrogen-bond donors (Lipinski definition) is 3. The molecule has 0 bridgehead atoms. The summed E-state index contributed by atoms with van der Waals surface area (Å²) >= 11 is 5.35. The Hall–Kier alpha value is -4.45. The van der Waals surface area contributed by atoms with Crippen LogP contribution in [0.25, 0.3) is 17.1 Å². The first kappa shape index (κ1) is 28.1. The summed E-state index contributed by atoms with van der Waals surface area (Å²) in [5.74, 6) is 0.455. The number of benzene rings is 3.